The minimum atomic E-state index is -0.426. The molecule has 2 N–H and O–H groups in total. The van der Waals surface area contributed by atoms with Gasteiger partial charge in [0.2, 0.25) is 5.91 Å². The van der Waals surface area contributed by atoms with Crippen molar-refractivity contribution in [2.24, 2.45) is 5.73 Å². The predicted molar refractivity (Wildman–Crippen MR) is 85.1 cm³/mol. The van der Waals surface area contributed by atoms with Crippen LogP contribution in [0.3, 0.4) is 0 Å². The predicted octanol–water partition coefficient (Wildman–Crippen LogP) is 3.47. The summed E-state index contributed by atoms with van der Waals surface area (Å²) in [5.41, 5.74) is 5.87. The summed E-state index contributed by atoms with van der Waals surface area (Å²) in [6.45, 7) is 6.74. The maximum atomic E-state index is 12.2. The van der Waals surface area contributed by atoms with E-state index in [1.165, 1.54) is 11.3 Å². The van der Waals surface area contributed by atoms with Crippen molar-refractivity contribution in [3.63, 3.8) is 0 Å². The van der Waals surface area contributed by atoms with Crippen LogP contribution in [0.15, 0.2) is 24.8 Å². The Morgan fingerprint density at radius 1 is 1.63 bits per heavy atom. The summed E-state index contributed by atoms with van der Waals surface area (Å²) in [7, 11) is 0. The number of halogens is 2. The van der Waals surface area contributed by atoms with Gasteiger partial charge in [0.25, 0.3) is 0 Å². The summed E-state index contributed by atoms with van der Waals surface area (Å²) < 4.78 is 0.730. The molecule has 1 heterocycles. The number of thiophene rings is 1. The lowest BCUT2D eigenvalue weighted by molar-refractivity contribution is -0.132. The molecule has 1 atom stereocenters. The summed E-state index contributed by atoms with van der Waals surface area (Å²) >= 11 is 7.36. The van der Waals surface area contributed by atoms with E-state index in [4.69, 9.17) is 17.3 Å². The largest absolute Gasteiger partial charge is 0.332 e. The standard InChI is InChI=1S/C13H19ClN2OS.ClH/c1-3-5-11(15)13(17)16(8-4-2)9-10-6-7-12(14)18-10;/h4,6-7,11H,2-3,5,8-9,15H2,1H3;1H. The molecule has 1 aromatic heterocycles. The number of amides is 1. The Kier molecular flexibility index (Phi) is 9.10. The average molecular weight is 323 g/mol. The van der Waals surface area contributed by atoms with Crippen molar-refractivity contribution < 1.29 is 4.79 Å². The summed E-state index contributed by atoms with van der Waals surface area (Å²) in [6, 6.07) is 3.34. The number of hydrogen-bond acceptors (Lipinski definition) is 3. The molecule has 0 aromatic carbocycles. The first kappa shape index (κ1) is 18.4. The molecule has 108 valence electrons. The zero-order valence-electron chi connectivity index (χ0n) is 11.0. The van der Waals surface area contributed by atoms with E-state index in [1.807, 2.05) is 19.1 Å². The average Bonchev–Trinajstić information content (AvgIpc) is 2.73. The quantitative estimate of drug-likeness (QED) is 0.781. The number of hydrogen-bond donors (Lipinski definition) is 1. The van der Waals surface area contributed by atoms with E-state index in [2.05, 4.69) is 6.58 Å². The first-order chi connectivity index (χ1) is 8.58. The van der Waals surface area contributed by atoms with E-state index >= 15 is 0 Å². The Hall–Kier alpha value is -0.550. The topological polar surface area (TPSA) is 46.3 Å². The second-order valence-electron chi connectivity index (χ2n) is 4.11. The van der Waals surface area contributed by atoms with Crippen LogP contribution in [0, 0.1) is 0 Å². The maximum absolute atomic E-state index is 12.2. The zero-order valence-corrected chi connectivity index (χ0v) is 13.4. The van der Waals surface area contributed by atoms with Crippen molar-refractivity contribution >= 4 is 41.3 Å². The molecule has 1 amide bonds. The fourth-order valence-electron chi connectivity index (χ4n) is 1.68. The first-order valence-electron chi connectivity index (χ1n) is 5.98. The fraction of sp³-hybridized carbons (Fsp3) is 0.462. The molecule has 0 bridgehead atoms. The highest BCUT2D eigenvalue weighted by Gasteiger charge is 2.20. The van der Waals surface area contributed by atoms with Gasteiger partial charge in [-0.25, -0.2) is 0 Å². The summed E-state index contributed by atoms with van der Waals surface area (Å²) in [5, 5.41) is 0. The molecule has 0 aliphatic heterocycles. The maximum Gasteiger partial charge on any atom is 0.240 e. The highest BCUT2D eigenvalue weighted by Crippen LogP contribution is 2.23. The van der Waals surface area contributed by atoms with E-state index in [1.54, 1.807) is 11.0 Å². The van der Waals surface area contributed by atoms with Gasteiger partial charge in [0, 0.05) is 11.4 Å². The van der Waals surface area contributed by atoms with E-state index in [0.717, 1.165) is 15.6 Å². The zero-order chi connectivity index (χ0) is 13.5. The second-order valence-corrected chi connectivity index (χ2v) is 5.91. The van der Waals surface area contributed by atoms with Gasteiger partial charge >= 0.3 is 0 Å². The molecule has 0 fully saturated rings. The van der Waals surface area contributed by atoms with Gasteiger partial charge in [-0.05, 0) is 18.6 Å². The Morgan fingerprint density at radius 3 is 2.79 bits per heavy atom. The van der Waals surface area contributed by atoms with E-state index in [9.17, 15) is 4.79 Å². The second kappa shape index (κ2) is 9.37. The number of rotatable bonds is 7. The van der Waals surface area contributed by atoms with Gasteiger partial charge in [-0.1, -0.05) is 31.0 Å². The number of carbonyl (C=O) groups is 1. The van der Waals surface area contributed by atoms with Crippen LogP contribution in [0.4, 0.5) is 0 Å². The van der Waals surface area contributed by atoms with Crippen LogP contribution >= 0.6 is 35.3 Å². The van der Waals surface area contributed by atoms with Crippen LogP contribution < -0.4 is 5.73 Å². The molecule has 1 unspecified atom stereocenters. The van der Waals surface area contributed by atoms with Gasteiger partial charge in [0.05, 0.1) is 16.9 Å². The molecule has 1 aromatic rings. The smallest absolute Gasteiger partial charge is 0.240 e. The molecule has 0 aliphatic carbocycles. The van der Waals surface area contributed by atoms with Crippen LogP contribution in [0.1, 0.15) is 24.6 Å². The fourth-order valence-corrected chi connectivity index (χ4v) is 2.79. The highest BCUT2D eigenvalue weighted by atomic mass is 35.5. The molecule has 0 saturated heterocycles. The van der Waals surface area contributed by atoms with Crippen LogP contribution in [0.5, 0.6) is 0 Å². The number of nitrogens with two attached hydrogens (primary N) is 1. The van der Waals surface area contributed by atoms with Crippen LogP contribution in [0.25, 0.3) is 0 Å². The van der Waals surface area contributed by atoms with E-state index in [0.29, 0.717) is 19.5 Å². The van der Waals surface area contributed by atoms with Crippen molar-refractivity contribution in [2.75, 3.05) is 6.54 Å². The third-order valence-electron chi connectivity index (χ3n) is 2.55. The summed E-state index contributed by atoms with van der Waals surface area (Å²) in [6.07, 6.45) is 3.32. The third-order valence-corrected chi connectivity index (χ3v) is 3.77. The number of nitrogens with zero attached hydrogens (tertiary/aromatic N) is 1. The van der Waals surface area contributed by atoms with Gasteiger partial charge in [-0.15, -0.1) is 30.3 Å². The lowest BCUT2D eigenvalue weighted by Crippen LogP contribution is -2.43. The Morgan fingerprint density at radius 2 is 2.32 bits per heavy atom. The van der Waals surface area contributed by atoms with Gasteiger partial charge in [0.1, 0.15) is 0 Å². The molecule has 0 radical (unpaired) electrons. The lowest BCUT2D eigenvalue weighted by Gasteiger charge is -2.23. The summed E-state index contributed by atoms with van der Waals surface area (Å²) in [4.78, 5) is 14.9. The van der Waals surface area contributed by atoms with Crippen LogP contribution in [0.2, 0.25) is 4.34 Å². The third kappa shape index (κ3) is 5.95. The monoisotopic (exact) mass is 322 g/mol. The molecular weight excluding hydrogens is 303 g/mol. The number of carbonyl (C=O) groups excluding carboxylic acids is 1. The Labute approximate surface area is 129 Å². The van der Waals surface area contributed by atoms with Crippen LogP contribution in [-0.4, -0.2) is 23.4 Å². The van der Waals surface area contributed by atoms with Crippen molar-refractivity contribution in [2.45, 2.75) is 32.4 Å². The molecular formula is C13H20Cl2N2OS. The molecule has 1 rings (SSSR count). The molecule has 3 nitrogen and oxygen atoms in total. The van der Waals surface area contributed by atoms with Gasteiger partial charge in [0.15, 0.2) is 0 Å². The minimum absolute atomic E-state index is 0. The van der Waals surface area contributed by atoms with Gasteiger partial charge in [-0.2, -0.15) is 0 Å². The van der Waals surface area contributed by atoms with E-state index in [-0.39, 0.29) is 18.3 Å². The Bertz CT molecular complexity index is 409. The summed E-state index contributed by atoms with van der Waals surface area (Å²) in [5.74, 6) is -0.0266. The van der Waals surface area contributed by atoms with Crippen LogP contribution in [-0.2, 0) is 11.3 Å². The van der Waals surface area contributed by atoms with E-state index < -0.39 is 6.04 Å². The molecule has 0 saturated carbocycles. The van der Waals surface area contributed by atoms with Crippen molar-refractivity contribution in [1.82, 2.24) is 4.90 Å². The van der Waals surface area contributed by atoms with Crippen molar-refractivity contribution in [3.05, 3.63) is 34.0 Å². The minimum Gasteiger partial charge on any atom is -0.332 e. The van der Waals surface area contributed by atoms with Crippen molar-refractivity contribution in [1.29, 1.82) is 0 Å². The Balaban J connectivity index is 0.00000324. The highest BCUT2D eigenvalue weighted by molar-refractivity contribution is 7.16. The lowest BCUT2D eigenvalue weighted by atomic mass is 10.1. The molecule has 0 aliphatic rings. The molecule has 0 spiro atoms. The van der Waals surface area contributed by atoms with Gasteiger partial charge in [-0.3, -0.25) is 4.79 Å². The first-order valence-corrected chi connectivity index (χ1v) is 7.17. The van der Waals surface area contributed by atoms with Gasteiger partial charge < -0.3 is 10.6 Å². The SMILES string of the molecule is C=CCN(Cc1ccc(Cl)s1)C(=O)C(N)CCC.Cl. The normalized spacial score (nSPS) is 11.5. The van der Waals surface area contributed by atoms with Crippen molar-refractivity contribution in [3.8, 4) is 0 Å². The molecule has 6 heteroatoms. The molecule has 19 heavy (non-hydrogen) atoms.